The van der Waals surface area contributed by atoms with Crippen molar-refractivity contribution in [2.24, 2.45) is 0 Å². The van der Waals surface area contributed by atoms with Gasteiger partial charge < -0.3 is 14.8 Å². The molecule has 0 fully saturated rings. The van der Waals surface area contributed by atoms with E-state index in [-0.39, 0.29) is 0 Å². The van der Waals surface area contributed by atoms with Crippen molar-refractivity contribution in [2.75, 3.05) is 19.5 Å². The molecule has 0 bridgehead atoms. The van der Waals surface area contributed by atoms with Gasteiger partial charge in [-0.2, -0.15) is 0 Å². The largest absolute Gasteiger partial charge is 0.497 e. The summed E-state index contributed by atoms with van der Waals surface area (Å²) < 4.78 is 10.7. The molecule has 4 nitrogen and oxygen atoms in total. The van der Waals surface area contributed by atoms with E-state index < -0.39 is 0 Å². The first-order valence-corrected chi connectivity index (χ1v) is 5.26. The molecular weight excluding hydrogens is 216 g/mol. The van der Waals surface area contributed by atoms with Crippen LogP contribution in [0, 0.1) is 0 Å². The Kier molecular flexibility index (Phi) is 3.45. The number of hydrogen-bond acceptors (Lipinski definition) is 4. The highest BCUT2D eigenvalue weighted by atomic mass is 16.5. The number of pyridine rings is 1. The molecule has 1 aromatic carbocycles. The van der Waals surface area contributed by atoms with E-state index in [0.717, 1.165) is 17.2 Å². The summed E-state index contributed by atoms with van der Waals surface area (Å²) in [7, 11) is 3.48. The minimum absolute atomic E-state index is 0.696. The van der Waals surface area contributed by atoms with Crippen molar-refractivity contribution >= 4 is 5.69 Å². The second-order valence-corrected chi connectivity index (χ2v) is 3.44. The molecule has 2 rings (SSSR count). The van der Waals surface area contributed by atoms with Gasteiger partial charge in [-0.25, -0.2) is 0 Å². The Balaban J connectivity index is 2.13. The van der Waals surface area contributed by atoms with Gasteiger partial charge in [0.1, 0.15) is 17.2 Å². The number of methoxy groups -OCH3 is 1. The molecule has 0 spiro atoms. The molecule has 0 aliphatic heterocycles. The summed E-state index contributed by atoms with van der Waals surface area (Å²) in [5.74, 6) is 2.25. The summed E-state index contributed by atoms with van der Waals surface area (Å²) in [5, 5.41) is 3.01. The van der Waals surface area contributed by atoms with Crippen LogP contribution in [0.5, 0.6) is 17.2 Å². The van der Waals surface area contributed by atoms with Crippen LogP contribution in [0.3, 0.4) is 0 Å². The molecule has 0 aliphatic rings. The highest BCUT2D eigenvalue weighted by molar-refractivity contribution is 5.45. The first kappa shape index (κ1) is 11.3. The van der Waals surface area contributed by atoms with Crippen molar-refractivity contribution in [3.05, 3.63) is 42.7 Å². The van der Waals surface area contributed by atoms with E-state index in [0.29, 0.717) is 5.75 Å². The van der Waals surface area contributed by atoms with Gasteiger partial charge in [-0.05, 0) is 24.3 Å². The third-order valence-corrected chi connectivity index (χ3v) is 2.30. The summed E-state index contributed by atoms with van der Waals surface area (Å²) >= 11 is 0. The number of benzene rings is 1. The maximum absolute atomic E-state index is 5.66. The second-order valence-electron chi connectivity index (χ2n) is 3.44. The number of anilines is 1. The van der Waals surface area contributed by atoms with Gasteiger partial charge in [-0.3, -0.25) is 4.98 Å². The molecule has 1 N–H and O–H groups in total. The van der Waals surface area contributed by atoms with Crippen LogP contribution in [0.25, 0.3) is 0 Å². The molecular formula is C13H14N2O2. The molecule has 4 heteroatoms. The summed E-state index contributed by atoms with van der Waals surface area (Å²) in [6, 6.07) is 9.29. The lowest BCUT2D eigenvalue weighted by Crippen LogP contribution is -1.91. The van der Waals surface area contributed by atoms with Gasteiger partial charge >= 0.3 is 0 Å². The van der Waals surface area contributed by atoms with Crippen molar-refractivity contribution in [3.63, 3.8) is 0 Å². The Hall–Kier alpha value is -2.23. The average molecular weight is 230 g/mol. The van der Waals surface area contributed by atoms with E-state index >= 15 is 0 Å². The molecule has 1 heterocycles. The monoisotopic (exact) mass is 230 g/mol. The van der Waals surface area contributed by atoms with E-state index in [1.165, 1.54) is 0 Å². The van der Waals surface area contributed by atoms with Gasteiger partial charge in [0.2, 0.25) is 0 Å². The molecule has 0 aliphatic carbocycles. The number of hydrogen-bond donors (Lipinski definition) is 1. The van der Waals surface area contributed by atoms with Crippen LogP contribution in [0.1, 0.15) is 0 Å². The van der Waals surface area contributed by atoms with Crippen LogP contribution in [-0.4, -0.2) is 19.1 Å². The quantitative estimate of drug-likeness (QED) is 0.877. The highest BCUT2D eigenvalue weighted by Crippen LogP contribution is 2.24. The summed E-state index contributed by atoms with van der Waals surface area (Å²) in [4.78, 5) is 4.07. The molecule has 0 unspecified atom stereocenters. The molecule has 0 radical (unpaired) electrons. The Morgan fingerprint density at radius 2 is 1.71 bits per heavy atom. The van der Waals surface area contributed by atoms with Gasteiger partial charge in [-0.1, -0.05) is 0 Å². The van der Waals surface area contributed by atoms with E-state index in [1.54, 1.807) is 19.5 Å². The Morgan fingerprint density at radius 3 is 2.35 bits per heavy atom. The van der Waals surface area contributed by atoms with E-state index in [2.05, 4.69) is 10.3 Å². The Labute approximate surface area is 100 Å². The van der Waals surface area contributed by atoms with Gasteiger partial charge in [-0.15, -0.1) is 0 Å². The normalized spacial score (nSPS) is 9.76. The topological polar surface area (TPSA) is 43.4 Å². The van der Waals surface area contributed by atoms with Crippen LogP contribution in [0.4, 0.5) is 5.69 Å². The van der Waals surface area contributed by atoms with E-state index in [1.807, 2.05) is 37.4 Å². The van der Waals surface area contributed by atoms with Gasteiger partial charge in [0.15, 0.2) is 0 Å². The van der Waals surface area contributed by atoms with E-state index in [9.17, 15) is 0 Å². The predicted octanol–water partition coefficient (Wildman–Crippen LogP) is 2.92. The standard InChI is InChI=1S/C13H14N2O2/c1-14-10-7-13(9-15-8-10)17-12-5-3-11(16-2)4-6-12/h3-9,14H,1-2H3. The van der Waals surface area contributed by atoms with Crippen LogP contribution in [0.15, 0.2) is 42.7 Å². The minimum atomic E-state index is 0.696. The summed E-state index contributed by atoms with van der Waals surface area (Å²) in [5.41, 5.74) is 0.913. The highest BCUT2D eigenvalue weighted by Gasteiger charge is 1.99. The van der Waals surface area contributed by atoms with Crippen molar-refractivity contribution in [1.29, 1.82) is 0 Å². The maximum Gasteiger partial charge on any atom is 0.147 e. The number of ether oxygens (including phenoxy) is 2. The summed E-state index contributed by atoms with van der Waals surface area (Å²) in [6.07, 6.45) is 3.41. The van der Waals surface area contributed by atoms with E-state index in [4.69, 9.17) is 9.47 Å². The zero-order valence-electron chi connectivity index (χ0n) is 9.81. The smallest absolute Gasteiger partial charge is 0.147 e. The first-order valence-electron chi connectivity index (χ1n) is 5.26. The fourth-order valence-corrected chi connectivity index (χ4v) is 1.39. The molecule has 2 aromatic rings. The number of rotatable bonds is 4. The van der Waals surface area contributed by atoms with Crippen LogP contribution in [0.2, 0.25) is 0 Å². The number of nitrogens with zero attached hydrogens (tertiary/aromatic N) is 1. The van der Waals surface area contributed by atoms with Gasteiger partial charge in [0, 0.05) is 13.1 Å². The lowest BCUT2D eigenvalue weighted by atomic mass is 10.3. The molecule has 1 aromatic heterocycles. The third-order valence-electron chi connectivity index (χ3n) is 2.30. The molecule has 0 saturated heterocycles. The van der Waals surface area contributed by atoms with Crippen LogP contribution < -0.4 is 14.8 Å². The lowest BCUT2D eigenvalue weighted by molar-refractivity contribution is 0.413. The zero-order valence-corrected chi connectivity index (χ0v) is 9.81. The van der Waals surface area contributed by atoms with Gasteiger partial charge in [0.25, 0.3) is 0 Å². The first-order chi connectivity index (χ1) is 8.31. The molecule has 0 amide bonds. The fourth-order valence-electron chi connectivity index (χ4n) is 1.39. The second kappa shape index (κ2) is 5.21. The molecule has 0 saturated carbocycles. The fraction of sp³-hybridized carbons (Fsp3) is 0.154. The predicted molar refractivity (Wildman–Crippen MR) is 66.9 cm³/mol. The average Bonchev–Trinajstić information content (AvgIpc) is 2.40. The SMILES string of the molecule is CNc1cncc(Oc2ccc(OC)cc2)c1. The van der Waals surface area contributed by atoms with Crippen molar-refractivity contribution in [2.45, 2.75) is 0 Å². The van der Waals surface area contributed by atoms with Crippen molar-refractivity contribution in [3.8, 4) is 17.2 Å². The van der Waals surface area contributed by atoms with Crippen LogP contribution in [-0.2, 0) is 0 Å². The van der Waals surface area contributed by atoms with Crippen molar-refractivity contribution in [1.82, 2.24) is 4.98 Å². The molecule has 17 heavy (non-hydrogen) atoms. The van der Waals surface area contributed by atoms with Crippen molar-refractivity contribution < 1.29 is 9.47 Å². The van der Waals surface area contributed by atoms with Gasteiger partial charge in [0.05, 0.1) is 25.2 Å². The number of aromatic nitrogens is 1. The Bertz CT molecular complexity index is 483. The third kappa shape index (κ3) is 2.87. The molecule has 0 atom stereocenters. The lowest BCUT2D eigenvalue weighted by Gasteiger charge is -2.07. The Morgan fingerprint density at radius 1 is 1.00 bits per heavy atom. The zero-order chi connectivity index (χ0) is 12.1. The van der Waals surface area contributed by atoms with Crippen LogP contribution >= 0.6 is 0 Å². The maximum atomic E-state index is 5.66. The summed E-state index contributed by atoms with van der Waals surface area (Å²) in [6.45, 7) is 0. The minimum Gasteiger partial charge on any atom is -0.497 e. The number of nitrogens with one attached hydrogen (secondary N) is 1. The molecule has 88 valence electrons.